The first-order chi connectivity index (χ1) is 7.86. The highest BCUT2D eigenvalue weighted by Gasteiger charge is 2.20. The number of rotatable bonds is 4. The van der Waals surface area contributed by atoms with Crippen LogP contribution in [0.1, 0.15) is 19.4 Å². The highest BCUT2D eigenvalue weighted by atomic mass is 15.2. The molecule has 0 fully saturated rings. The third-order valence-electron chi connectivity index (χ3n) is 2.93. The van der Waals surface area contributed by atoms with Crippen molar-refractivity contribution in [2.45, 2.75) is 19.4 Å². The summed E-state index contributed by atoms with van der Waals surface area (Å²) in [5, 5.41) is 12.2. The lowest BCUT2D eigenvalue weighted by atomic mass is 10.0. The zero-order valence-corrected chi connectivity index (χ0v) is 10.8. The number of likely N-dealkylation sites (N-methyl/N-ethyl adjacent to an activating group) is 1. The molecule has 5 heteroatoms. The molecule has 0 aliphatic carbocycles. The molecule has 1 heterocycles. The number of hydrogen-bond donors (Lipinski definition) is 2. The first-order valence-corrected chi connectivity index (χ1v) is 5.44. The van der Waals surface area contributed by atoms with Gasteiger partial charge in [0.05, 0.1) is 17.4 Å². The summed E-state index contributed by atoms with van der Waals surface area (Å²) >= 11 is 0. The van der Waals surface area contributed by atoms with E-state index in [4.69, 9.17) is 11.0 Å². The molecule has 0 aromatic carbocycles. The van der Waals surface area contributed by atoms with Crippen LogP contribution in [0.3, 0.4) is 0 Å². The van der Waals surface area contributed by atoms with E-state index in [-0.39, 0.29) is 5.54 Å². The average molecular weight is 233 g/mol. The summed E-state index contributed by atoms with van der Waals surface area (Å²) in [6.07, 6.45) is 1.55. The SMILES string of the molecule is CN(C)C(C)(C)CNc1ncc(N)cc1C#N. The van der Waals surface area contributed by atoms with Gasteiger partial charge in [0.25, 0.3) is 0 Å². The number of nitrogens with one attached hydrogen (secondary N) is 1. The Balaban J connectivity index is 2.80. The maximum atomic E-state index is 8.99. The minimum atomic E-state index is -0.0181. The van der Waals surface area contributed by atoms with Crippen molar-refractivity contribution in [3.8, 4) is 6.07 Å². The molecule has 5 nitrogen and oxygen atoms in total. The molecule has 0 saturated carbocycles. The third-order valence-corrected chi connectivity index (χ3v) is 2.93. The Hall–Kier alpha value is -1.80. The Morgan fingerprint density at radius 2 is 2.18 bits per heavy atom. The van der Waals surface area contributed by atoms with Gasteiger partial charge in [-0.15, -0.1) is 0 Å². The van der Waals surface area contributed by atoms with E-state index >= 15 is 0 Å². The van der Waals surface area contributed by atoms with Crippen LogP contribution in [0, 0.1) is 11.3 Å². The van der Waals surface area contributed by atoms with Crippen LogP contribution >= 0.6 is 0 Å². The third kappa shape index (κ3) is 3.33. The summed E-state index contributed by atoms with van der Waals surface area (Å²) in [5.41, 5.74) is 6.54. The number of nitriles is 1. The normalized spacial score (nSPS) is 11.3. The van der Waals surface area contributed by atoms with Crippen molar-refractivity contribution in [3.63, 3.8) is 0 Å². The molecule has 0 aliphatic rings. The summed E-state index contributed by atoms with van der Waals surface area (Å²) in [6, 6.07) is 3.71. The number of hydrogen-bond acceptors (Lipinski definition) is 5. The predicted octanol–water partition coefficient (Wildman–Crippen LogP) is 1.29. The van der Waals surface area contributed by atoms with Gasteiger partial charge in [0.15, 0.2) is 0 Å². The zero-order chi connectivity index (χ0) is 13.1. The smallest absolute Gasteiger partial charge is 0.144 e. The fourth-order valence-electron chi connectivity index (χ4n) is 1.17. The van der Waals surface area contributed by atoms with E-state index in [1.165, 1.54) is 0 Å². The van der Waals surface area contributed by atoms with Crippen LogP contribution in [0.4, 0.5) is 11.5 Å². The summed E-state index contributed by atoms with van der Waals surface area (Å²) in [6.45, 7) is 4.93. The highest BCUT2D eigenvalue weighted by Crippen LogP contribution is 2.16. The van der Waals surface area contributed by atoms with E-state index in [0.29, 0.717) is 23.6 Å². The second-order valence-corrected chi connectivity index (χ2v) is 4.84. The Kier molecular flexibility index (Phi) is 3.92. The lowest BCUT2D eigenvalue weighted by molar-refractivity contribution is 0.210. The zero-order valence-electron chi connectivity index (χ0n) is 10.8. The van der Waals surface area contributed by atoms with Crippen molar-refractivity contribution in [2.24, 2.45) is 0 Å². The van der Waals surface area contributed by atoms with Crippen LogP contribution in [0.5, 0.6) is 0 Å². The van der Waals surface area contributed by atoms with Gasteiger partial charge in [-0.2, -0.15) is 5.26 Å². The molecular weight excluding hydrogens is 214 g/mol. The largest absolute Gasteiger partial charge is 0.397 e. The number of aromatic nitrogens is 1. The molecule has 0 saturated heterocycles. The number of nitrogens with two attached hydrogens (primary N) is 1. The van der Waals surface area contributed by atoms with Crippen molar-refractivity contribution < 1.29 is 0 Å². The molecule has 3 N–H and O–H groups in total. The fourth-order valence-corrected chi connectivity index (χ4v) is 1.17. The maximum Gasteiger partial charge on any atom is 0.144 e. The minimum Gasteiger partial charge on any atom is -0.397 e. The van der Waals surface area contributed by atoms with Gasteiger partial charge in [0.1, 0.15) is 11.9 Å². The van der Waals surface area contributed by atoms with Crippen molar-refractivity contribution in [3.05, 3.63) is 17.8 Å². The summed E-state index contributed by atoms with van der Waals surface area (Å²) in [5.74, 6) is 0.580. The first kappa shape index (κ1) is 13.3. The van der Waals surface area contributed by atoms with Crippen LogP contribution in [0.15, 0.2) is 12.3 Å². The Labute approximate surface area is 102 Å². The predicted molar refractivity (Wildman–Crippen MR) is 69.6 cm³/mol. The Bertz CT molecular complexity index is 431. The van der Waals surface area contributed by atoms with Crippen LogP contribution in [0.25, 0.3) is 0 Å². The van der Waals surface area contributed by atoms with Crippen molar-refractivity contribution in [1.82, 2.24) is 9.88 Å². The van der Waals surface area contributed by atoms with Gasteiger partial charge >= 0.3 is 0 Å². The molecule has 0 bridgehead atoms. The summed E-state index contributed by atoms with van der Waals surface area (Å²) in [7, 11) is 4.03. The molecule has 0 radical (unpaired) electrons. The average Bonchev–Trinajstić information content (AvgIpc) is 2.27. The molecule has 1 aromatic rings. The molecule has 0 amide bonds. The van der Waals surface area contributed by atoms with Crippen molar-refractivity contribution in [1.29, 1.82) is 5.26 Å². The molecule has 1 aromatic heterocycles. The lowest BCUT2D eigenvalue weighted by Gasteiger charge is -2.32. The van der Waals surface area contributed by atoms with E-state index in [0.717, 1.165) is 0 Å². The second kappa shape index (κ2) is 5.02. The van der Waals surface area contributed by atoms with Gasteiger partial charge in [-0.25, -0.2) is 4.98 Å². The number of nitrogens with zero attached hydrogens (tertiary/aromatic N) is 3. The summed E-state index contributed by atoms with van der Waals surface area (Å²) in [4.78, 5) is 6.25. The van der Waals surface area contributed by atoms with Crippen molar-refractivity contribution >= 4 is 11.5 Å². The van der Waals surface area contributed by atoms with Gasteiger partial charge in [-0.1, -0.05) is 0 Å². The van der Waals surface area contributed by atoms with E-state index in [2.05, 4.69) is 35.1 Å². The van der Waals surface area contributed by atoms with E-state index in [9.17, 15) is 0 Å². The maximum absolute atomic E-state index is 8.99. The van der Waals surface area contributed by atoms with Crippen molar-refractivity contribution in [2.75, 3.05) is 31.7 Å². The lowest BCUT2D eigenvalue weighted by Crippen LogP contribution is -2.44. The van der Waals surface area contributed by atoms with Crippen LogP contribution in [-0.2, 0) is 0 Å². The number of nitrogen functional groups attached to an aromatic ring is 1. The highest BCUT2D eigenvalue weighted by molar-refractivity contribution is 5.57. The van der Waals surface area contributed by atoms with E-state index < -0.39 is 0 Å². The van der Waals surface area contributed by atoms with Gasteiger partial charge in [0.2, 0.25) is 0 Å². The van der Waals surface area contributed by atoms with Crippen LogP contribution < -0.4 is 11.1 Å². The first-order valence-electron chi connectivity index (χ1n) is 5.44. The van der Waals surface area contributed by atoms with E-state index in [1.807, 2.05) is 14.1 Å². The molecule has 0 spiro atoms. The van der Waals surface area contributed by atoms with Gasteiger partial charge < -0.3 is 16.0 Å². The van der Waals surface area contributed by atoms with Gasteiger partial charge in [-0.05, 0) is 34.0 Å². The topological polar surface area (TPSA) is 78.0 Å². The molecule has 92 valence electrons. The quantitative estimate of drug-likeness (QED) is 0.819. The molecule has 0 unspecified atom stereocenters. The molecule has 17 heavy (non-hydrogen) atoms. The molecule has 1 rings (SSSR count). The van der Waals surface area contributed by atoms with Crippen LogP contribution in [-0.4, -0.2) is 36.1 Å². The van der Waals surface area contributed by atoms with E-state index in [1.54, 1.807) is 12.3 Å². The minimum absolute atomic E-state index is 0.0181. The Morgan fingerprint density at radius 3 is 2.71 bits per heavy atom. The standard InChI is InChI=1S/C12H19N5/c1-12(2,17(3)4)8-16-11-9(6-13)5-10(14)7-15-11/h5,7H,8,14H2,1-4H3,(H,15,16). The Morgan fingerprint density at radius 1 is 1.53 bits per heavy atom. The van der Waals surface area contributed by atoms with Crippen LogP contribution in [0.2, 0.25) is 0 Å². The summed E-state index contributed by atoms with van der Waals surface area (Å²) < 4.78 is 0. The monoisotopic (exact) mass is 233 g/mol. The van der Waals surface area contributed by atoms with Gasteiger partial charge in [0, 0.05) is 12.1 Å². The molecule has 0 aliphatic heterocycles. The second-order valence-electron chi connectivity index (χ2n) is 4.84. The number of anilines is 2. The molecular formula is C12H19N5. The number of pyridine rings is 1. The molecule has 0 atom stereocenters. The fraction of sp³-hybridized carbons (Fsp3) is 0.500. The van der Waals surface area contributed by atoms with Gasteiger partial charge in [-0.3, -0.25) is 0 Å².